The summed E-state index contributed by atoms with van der Waals surface area (Å²) in [6.45, 7) is 14.8. The Morgan fingerprint density at radius 1 is 1.33 bits per heavy atom. The average Bonchev–Trinajstić information content (AvgIpc) is 2.57. The second-order valence-electron chi connectivity index (χ2n) is 7.47. The predicted molar refractivity (Wildman–Crippen MR) is 80.0 cm³/mol. The van der Waals surface area contributed by atoms with Crippen molar-refractivity contribution in [1.29, 1.82) is 0 Å². The number of aliphatic imine (C=N–C) groups is 1. The summed E-state index contributed by atoms with van der Waals surface area (Å²) in [5.74, 6) is 1.08. The minimum Gasteiger partial charge on any atom is -0.356 e. The summed E-state index contributed by atoms with van der Waals surface area (Å²) in [4.78, 5) is 6.79. The zero-order chi connectivity index (χ0) is 13.8. The van der Waals surface area contributed by atoms with Gasteiger partial charge in [-0.15, -0.1) is 0 Å². The summed E-state index contributed by atoms with van der Waals surface area (Å²) in [7, 11) is 1.89. The molecule has 0 radical (unpaired) electrons. The van der Waals surface area contributed by atoms with Crippen LogP contribution in [0, 0.1) is 10.8 Å². The molecule has 0 aromatic heterocycles. The Kier molecular flexibility index (Phi) is 5.06. The summed E-state index contributed by atoms with van der Waals surface area (Å²) in [5, 5.41) is 3.50. The molecule has 1 rings (SSSR count). The van der Waals surface area contributed by atoms with Gasteiger partial charge in [-0.1, -0.05) is 34.6 Å². The van der Waals surface area contributed by atoms with Crippen LogP contribution >= 0.6 is 0 Å². The standard InChI is InChI=1S/C15H31N3/c1-14(2,3)8-7-10-17-13(16-6)18-11-9-15(4,5)12-18/h7-12H2,1-6H3,(H,16,17). The number of guanidine groups is 1. The maximum absolute atomic E-state index is 4.40. The highest BCUT2D eigenvalue weighted by atomic mass is 15.3. The van der Waals surface area contributed by atoms with Crippen LogP contribution in [-0.2, 0) is 0 Å². The van der Waals surface area contributed by atoms with Crippen molar-refractivity contribution < 1.29 is 0 Å². The van der Waals surface area contributed by atoms with Crippen LogP contribution in [0.4, 0.5) is 0 Å². The van der Waals surface area contributed by atoms with Crippen molar-refractivity contribution in [2.24, 2.45) is 15.8 Å². The number of nitrogens with one attached hydrogen (secondary N) is 1. The normalized spacial score (nSPS) is 20.3. The van der Waals surface area contributed by atoms with Gasteiger partial charge in [-0.2, -0.15) is 0 Å². The van der Waals surface area contributed by atoms with Crippen LogP contribution in [0.15, 0.2) is 4.99 Å². The van der Waals surface area contributed by atoms with E-state index in [9.17, 15) is 0 Å². The Hall–Kier alpha value is -0.730. The molecule has 1 fully saturated rings. The molecule has 0 aromatic rings. The van der Waals surface area contributed by atoms with Gasteiger partial charge in [0.15, 0.2) is 5.96 Å². The smallest absolute Gasteiger partial charge is 0.193 e. The van der Waals surface area contributed by atoms with Gasteiger partial charge in [-0.3, -0.25) is 4.99 Å². The molecular weight excluding hydrogens is 222 g/mol. The lowest BCUT2D eigenvalue weighted by molar-refractivity contribution is 0.357. The average molecular weight is 253 g/mol. The monoisotopic (exact) mass is 253 g/mol. The van der Waals surface area contributed by atoms with E-state index in [1.165, 1.54) is 19.3 Å². The lowest BCUT2D eigenvalue weighted by atomic mass is 9.91. The number of likely N-dealkylation sites (tertiary alicyclic amines) is 1. The molecule has 0 saturated carbocycles. The first-order valence-electron chi connectivity index (χ1n) is 7.19. The molecule has 0 aliphatic carbocycles. The van der Waals surface area contributed by atoms with E-state index in [1.807, 2.05) is 7.05 Å². The second-order valence-corrected chi connectivity index (χ2v) is 7.47. The highest BCUT2D eigenvalue weighted by molar-refractivity contribution is 5.80. The molecule has 0 atom stereocenters. The van der Waals surface area contributed by atoms with Crippen LogP contribution in [0.5, 0.6) is 0 Å². The molecule has 0 unspecified atom stereocenters. The minimum atomic E-state index is 0.431. The van der Waals surface area contributed by atoms with Crippen molar-refractivity contribution >= 4 is 5.96 Å². The maximum atomic E-state index is 4.40. The summed E-state index contributed by atoms with van der Waals surface area (Å²) in [5.41, 5.74) is 0.865. The maximum Gasteiger partial charge on any atom is 0.193 e. The first-order chi connectivity index (χ1) is 8.23. The first-order valence-corrected chi connectivity index (χ1v) is 7.19. The highest BCUT2D eigenvalue weighted by Crippen LogP contribution is 2.28. The van der Waals surface area contributed by atoms with Crippen LogP contribution in [0.2, 0.25) is 0 Å². The van der Waals surface area contributed by atoms with Crippen molar-refractivity contribution in [2.45, 2.75) is 53.9 Å². The van der Waals surface area contributed by atoms with Gasteiger partial charge in [0.1, 0.15) is 0 Å². The van der Waals surface area contributed by atoms with Gasteiger partial charge < -0.3 is 10.2 Å². The number of nitrogens with zero attached hydrogens (tertiary/aromatic N) is 2. The molecule has 18 heavy (non-hydrogen) atoms. The molecule has 0 spiro atoms. The molecule has 3 nitrogen and oxygen atoms in total. The van der Waals surface area contributed by atoms with Gasteiger partial charge in [0, 0.05) is 26.7 Å². The van der Waals surface area contributed by atoms with E-state index in [2.05, 4.69) is 49.8 Å². The highest BCUT2D eigenvalue weighted by Gasteiger charge is 2.30. The Labute approximate surface area is 113 Å². The third-order valence-electron chi connectivity index (χ3n) is 3.58. The Bertz CT molecular complexity index is 287. The topological polar surface area (TPSA) is 27.6 Å². The zero-order valence-electron chi connectivity index (χ0n) is 13.1. The van der Waals surface area contributed by atoms with Crippen LogP contribution < -0.4 is 5.32 Å². The lowest BCUT2D eigenvalue weighted by Crippen LogP contribution is -2.41. The summed E-state index contributed by atoms with van der Waals surface area (Å²) < 4.78 is 0. The molecule has 1 saturated heterocycles. The molecule has 0 aromatic carbocycles. The van der Waals surface area contributed by atoms with E-state index in [0.29, 0.717) is 10.8 Å². The zero-order valence-corrected chi connectivity index (χ0v) is 13.1. The molecular formula is C15H31N3. The van der Waals surface area contributed by atoms with Crippen molar-refractivity contribution in [3.8, 4) is 0 Å². The molecule has 1 N–H and O–H groups in total. The molecule has 1 aliphatic heterocycles. The Balaban J connectivity index is 2.32. The van der Waals surface area contributed by atoms with Crippen molar-refractivity contribution in [2.75, 3.05) is 26.7 Å². The molecule has 0 amide bonds. The number of hydrogen-bond donors (Lipinski definition) is 1. The van der Waals surface area contributed by atoms with E-state index in [4.69, 9.17) is 0 Å². The summed E-state index contributed by atoms with van der Waals surface area (Å²) in [6.07, 6.45) is 3.72. The number of hydrogen-bond acceptors (Lipinski definition) is 1. The predicted octanol–water partition coefficient (Wildman–Crippen LogP) is 3.12. The third-order valence-corrected chi connectivity index (χ3v) is 3.58. The largest absolute Gasteiger partial charge is 0.356 e. The number of rotatable bonds is 3. The summed E-state index contributed by atoms with van der Waals surface area (Å²) >= 11 is 0. The first kappa shape index (κ1) is 15.3. The molecule has 106 valence electrons. The fourth-order valence-corrected chi connectivity index (χ4v) is 2.44. The fourth-order valence-electron chi connectivity index (χ4n) is 2.44. The van der Waals surface area contributed by atoms with Crippen molar-refractivity contribution in [1.82, 2.24) is 10.2 Å². The van der Waals surface area contributed by atoms with E-state index in [-0.39, 0.29) is 0 Å². The van der Waals surface area contributed by atoms with Gasteiger partial charge in [-0.25, -0.2) is 0 Å². The second kappa shape index (κ2) is 5.94. The molecule has 1 heterocycles. The molecule has 0 bridgehead atoms. The third kappa shape index (κ3) is 5.28. The van der Waals surface area contributed by atoms with Gasteiger partial charge in [0.05, 0.1) is 0 Å². The van der Waals surface area contributed by atoms with E-state index in [1.54, 1.807) is 0 Å². The van der Waals surface area contributed by atoms with Crippen LogP contribution in [0.1, 0.15) is 53.9 Å². The quantitative estimate of drug-likeness (QED) is 0.475. The van der Waals surface area contributed by atoms with Gasteiger partial charge in [0.2, 0.25) is 0 Å². The van der Waals surface area contributed by atoms with Crippen molar-refractivity contribution in [3.63, 3.8) is 0 Å². The van der Waals surface area contributed by atoms with E-state index in [0.717, 1.165) is 25.6 Å². The van der Waals surface area contributed by atoms with Crippen LogP contribution in [-0.4, -0.2) is 37.5 Å². The minimum absolute atomic E-state index is 0.431. The van der Waals surface area contributed by atoms with Gasteiger partial charge in [0.25, 0.3) is 0 Å². The Morgan fingerprint density at radius 2 is 2.00 bits per heavy atom. The van der Waals surface area contributed by atoms with Gasteiger partial charge >= 0.3 is 0 Å². The van der Waals surface area contributed by atoms with E-state index < -0.39 is 0 Å². The Morgan fingerprint density at radius 3 is 2.44 bits per heavy atom. The summed E-state index contributed by atoms with van der Waals surface area (Å²) in [6, 6.07) is 0. The SMILES string of the molecule is CN=C(NCCCC(C)(C)C)N1CCC(C)(C)C1. The molecule has 1 aliphatic rings. The van der Waals surface area contributed by atoms with Crippen molar-refractivity contribution in [3.05, 3.63) is 0 Å². The van der Waals surface area contributed by atoms with Crippen LogP contribution in [0.25, 0.3) is 0 Å². The fraction of sp³-hybridized carbons (Fsp3) is 0.933. The lowest BCUT2D eigenvalue weighted by Gasteiger charge is -2.24. The van der Waals surface area contributed by atoms with Crippen LogP contribution in [0.3, 0.4) is 0 Å². The van der Waals surface area contributed by atoms with Gasteiger partial charge in [-0.05, 0) is 30.1 Å². The molecule has 3 heteroatoms. The van der Waals surface area contributed by atoms with E-state index >= 15 is 0 Å².